The Labute approximate surface area is 150 Å². The van der Waals surface area contributed by atoms with E-state index in [0.717, 1.165) is 30.3 Å². The molecule has 137 valence electrons. The van der Waals surface area contributed by atoms with Gasteiger partial charge < -0.3 is 0 Å². The zero-order valence-electron chi connectivity index (χ0n) is 16.3. The van der Waals surface area contributed by atoms with Crippen molar-refractivity contribution in [2.75, 3.05) is 0 Å². The Hall–Kier alpha value is -0.990. The van der Waals surface area contributed by atoms with E-state index in [1.165, 1.54) is 77.0 Å². The van der Waals surface area contributed by atoms with Crippen molar-refractivity contribution in [3.63, 3.8) is 0 Å². The molecule has 0 aliphatic heterocycles. The van der Waals surface area contributed by atoms with Crippen LogP contribution in [-0.4, -0.2) is 15.0 Å². The molecule has 0 spiro atoms. The molecule has 1 radical (unpaired) electrons. The molecular formula is C21H38N3. The Balaban J connectivity index is 2.34. The van der Waals surface area contributed by atoms with Crippen LogP contribution >= 0.6 is 0 Å². The quantitative estimate of drug-likeness (QED) is 0.356. The number of unbranched alkanes of at least 4 members (excludes halogenated alkanes) is 10. The number of rotatable bonds is 15. The van der Waals surface area contributed by atoms with Gasteiger partial charge in [-0.1, -0.05) is 85.0 Å². The summed E-state index contributed by atoms with van der Waals surface area (Å²) in [6, 6.07) is 0. The first-order valence-corrected chi connectivity index (χ1v) is 10.3. The van der Waals surface area contributed by atoms with Crippen molar-refractivity contribution in [3.8, 4) is 0 Å². The normalized spacial score (nSPS) is 11.1. The lowest BCUT2D eigenvalue weighted by atomic mass is 10.1. The number of hydrogen-bond acceptors (Lipinski definition) is 3. The largest absolute Gasteiger partial charge is 0.218 e. The molecule has 0 aromatic carbocycles. The third-order valence-electron chi connectivity index (χ3n) is 4.51. The van der Waals surface area contributed by atoms with Gasteiger partial charge in [-0.3, -0.25) is 0 Å². The molecule has 0 aliphatic rings. The number of aromatic nitrogens is 3. The molecule has 0 atom stereocenters. The Morgan fingerprint density at radius 3 is 1.42 bits per heavy atom. The van der Waals surface area contributed by atoms with Gasteiger partial charge >= 0.3 is 0 Å². The van der Waals surface area contributed by atoms with Gasteiger partial charge in [0.15, 0.2) is 0 Å². The van der Waals surface area contributed by atoms with E-state index in [4.69, 9.17) is 4.98 Å². The molecule has 3 nitrogen and oxygen atoms in total. The van der Waals surface area contributed by atoms with Gasteiger partial charge in [0.25, 0.3) is 0 Å². The fourth-order valence-electron chi connectivity index (χ4n) is 2.97. The van der Waals surface area contributed by atoms with E-state index in [2.05, 4.69) is 23.8 Å². The molecule has 0 saturated heterocycles. The van der Waals surface area contributed by atoms with Crippen LogP contribution in [0, 0.1) is 6.42 Å². The Bertz CT molecular complexity index is 383. The van der Waals surface area contributed by atoms with E-state index < -0.39 is 0 Å². The van der Waals surface area contributed by atoms with Gasteiger partial charge in [-0.25, -0.2) is 15.0 Å². The fourth-order valence-corrected chi connectivity index (χ4v) is 2.97. The maximum absolute atomic E-state index is 4.71. The summed E-state index contributed by atoms with van der Waals surface area (Å²) in [5, 5.41) is 0. The standard InChI is InChI=1S/C21H38N3/c1-4-7-9-11-13-15-17-20-22-19(6-3)23-21(24-20)18-16-14-12-10-8-5-2/h6H,4-5,7-18H2,1-3H3. The molecule has 0 bridgehead atoms. The molecule has 0 aliphatic carbocycles. The van der Waals surface area contributed by atoms with Crippen molar-refractivity contribution in [1.29, 1.82) is 0 Å². The highest BCUT2D eigenvalue weighted by Gasteiger charge is 2.06. The van der Waals surface area contributed by atoms with Crippen LogP contribution in [0.1, 0.15) is 115 Å². The Kier molecular flexibility index (Phi) is 12.6. The zero-order chi connectivity index (χ0) is 17.5. The zero-order valence-corrected chi connectivity index (χ0v) is 16.3. The topological polar surface area (TPSA) is 38.7 Å². The predicted octanol–water partition coefficient (Wildman–Crippen LogP) is 6.25. The van der Waals surface area contributed by atoms with Crippen molar-refractivity contribution < 1.29 is 0 Å². The predicted molar refractivity (Wildman–Crippen MR) is 103 cm³/mol. The molecule has 24 heavy (non-hydrogen) atoms. The Morgan fingerprint density at radius 2 is 1.00 bits per heavy atom. The highest BCUT2D eigenvalue weighted by molar-refractivity contribution is 5.04. The van der Waals surface area contributed by atoms with Crippen LogP contribution in [0.25, 0.3) is 0 Å². The summed E-state index contributed by atoms with van der Waals surface area (Å²) in [5.74, 6) is 2.84. The molecule has 1 aromatic rings. The summed E-state index contributed by atoms with van der Waals surface area (Å²) in [7, 11) is 0. The maximum Gasteiger partial charge on any atom is 0.136 e. The minimum atomic E-state index is 0.854. The summed E-state index contributed by atoms with van der Waals surface area (Å²) in [6.45, 7) is 6.54. The minimum absolute atomic E-state index is 0.854. The van der Waals surface area contributed by atoms with Crippen LogP contribution in [0.15, 0.2) is 0 Å². The average Bonchev–Trinajstić information content (AvgIpc) is 2.61. The van der Waals surface area contributed by atoms with Crippen LogP contribution in [-0.2, 0) is 12.8 Å². The van der Waals surface area contributed by atoms with E-state index in [1.54, 1.807) is 0 Å². The molecular weight excluding hydrogens is 294 g/mol. The van der Waals surface area contributed by atoms with E-state index in [1.807, 2.05) is 13.3 Å². The van der Waals surface area contributed by atoms with Gasteiger partial charge in [-0.2, -0.15) is 0 Å². The molecule has 0 fully saturated rings. The van der Waals surface area contributed by atoms with Crippen LogP contribution in [0.5, 0.6) is 0 Å². The van der Waals surface area contributed by atoms with Crippen molar-refractivity contribution >= 4 is 0 Å². The average molecular weight is 333 g/mol. The first kappa shape index (κ1) is 21.1. The Morgan fingerprint density at radius 1 is 0.583 bits per heavy atom. The summed E-state index contributed by atoms with van der Waals surface area (Å²) < 4.78 is 0. The second-order valence-corrected chi connectivity index (χ2v) is 6.85. The molecule has 0 unspecified atom stereocenters. The molecule has 0 N–H and O–H groups in total. The van der Waals surface area contributed by atoms with Crippen molar-refractivity contribution in [2.45, 2.75) is 111 Å². The fraction of sp³-hybridized carbons (Fsp3) is 0.810. The lowest BCUT2D eigenvalue weighted by Crippen LogP contribution is -2.07. The summed E-state index contributed by atoms with van der Waals surface area (Å²) in [4.78, 5) is 13.9. The molecule has 1 rings (SSSR count). The van der Waals surface area contributed by atoms with Gasteiger partial charge in [0, 0.05) is 19.3 Å². The van der Waals surface area contributed by atoms with Gasteiger partial charge in [-0.05, 0) is 12.8 Å². The lowest BCUT2D eigenvalue weighted by Gasteiger charge is -2.07. The van der Waals surface area contributed by atoms with Crippen LogP contribution in [0.2, 0.25) is 0 Å². The maximum atomic E-state index is 4.71. The summed E-state index contributed by atoms with van der Waals surface area (Å²) in [6.07, 6.45) is 19.8. The van der Waals surface area contributed by atoms with Crippen molar-refractivity contribution in [3.05, 3.63) is 23.9 Å². The molecule has 1 aromatic heterocycles. The molecule has 0 saturated carbocycles. The van der Waals surface area contributed by atoms with Crippen molar-refractivity contribution in [1.82, 2.24) is 15.0 Å². The van der Waals surface area contributed by atoms with Gasteiger partial charge in [0.2, 0.25) is 0 Å². The van der Waals surface area contributed by atoms with Gasteiger partial charge in [0.1, 0.15) is 17.5 Å². The van der Waals surface area contributed by atoms with Crippen LogP contribution in [0.3, 0.4) is 0 Å². The first-order chi connectivity index (χ1) is 11.8. The third-order valence-corrected chi connectivity index (χ3v) is 4.51. The SMILES string of the molecule is C[CH]c1nc(CCCCCCCC)nc(CCCCCCCC)n1. The second-order valence-electron chi connectivity index (χ2n) is 6.85. The van der Waals surface area contributed by atoms with Gasteiger partial charge in [-0.15, -0.1) is 0 Å². The van der Waals surface area contributed by atoms with Crippen LogP contribution in [0.4, 0.5) is 0 Å². The lowest BCUT2D eigenvalue weighted by molar-refractivity contribution is 0.587. The number of hydrogen-bond donors (Lipinski definition) is 0. The van der Waals surface area contributed by atoms with Gasteiger partial charge in [0.05, 0.1) is 0 Å². The van der Waals surface area contributed by atoms with E-state index in [9.17, 15) is 0 Å². The third kappa shape index (κ3) is 10.00. The van der Waals surface area contributed by atoms with E-state index >= 15 is 0 Å². The summed E-state index contributed by atoms with van der Waals surface area (Å²) in [5.41, 5.74) is 0. The molecule has 0 amide bonds. The highest BCUT2D eigenvalue weighted by Crippen LogP contribution is 2.11. The monoisotopic (exact) mass is 332 g/mol. The van der Waals surface area contributed by atoms with Crippen LogP contribution < -0.4 is 0 Å². The van der Waals surface area contributed by atoms with E-state index in [-0.39, 0.29) is 0 Å². The number of aryl methyl sites for hydroxylation is 2. The highest BCUT2D eigenvalue weighted by atomic mass is 15.0. The second kappa shape index (κ2) is 14.4. The first-order valence-electron chi connectivity index (χ1n) is 10.3. The number of nitrogens with zero attached hydrogens (tertiary/aromatic N) is 3. The molecule has 1 heterocycles. The van der Waals surface area contributed by atoms with Crippen molar-refractivity contribution in [2.24, 2.45) is 0 Å². The van der Waals surface area contributed by atoms with E-state index in [0.29, 0.717) is 0 Å². The summed E-state index contributed by atoms with van der Waals surface area (Å²) >= 11 is 0. The molecule has 3 heteroatoms. The minimum Gasteiger partial charge on any atom is -0.218 e. The smallest absolute Gasteiger partial charge is 0.136 e.